The van der Waals surface area contributed by atoms with Crippen LogP contribution in [0.2, 0.25) is 0 Å². The molecule has 1 aromatic carbocycles. The van der Waals surface area contributed by atoms with Gasteiger partial charge in [0.25, 0.3) is 0 Å². The highest BCUT2D eigenvalue weighted by Crippen LogP contribution is 2.25. The molecule has 0 radical (unpaired) electrons. The van der Waals surface area contributed by atoms with E-state index in [0.29, 0.717) is 11.6 Å². The van der Waals surface area contributed by atoms with Gasteiger partial charge in [0, 0.05) is 25.3 Å². The van der Waals surface area contributed by atoms with Gasteiger partial charge in [-0.25, -0.2) is 4.98 Å². The third-order valence-electron chi connectivity index (χ3n) is 2.79. The molecule has 4 nitrogen and oxygen atoms in total. The Balaban J connectivity index is 2.34. The van der Waals surface area contributed by atoms with Gasteiger partial charge in [-0.15, -0.1) is 0 Å². The molecule has 0 spiro atoms. The number of nitrogens with zero attached hydrogens (tertiary/aromatic N) is 2. The molecule has 0 atom stereocenters. The fraction of sp³-hybridized carbons (Fsp3) is 0.214. The van der Waals surface area contributed by atoms with E-state index in [4.69, 9.17) is 10.5 Å². The predicted octanol–water partition coefficient (Wildman–Crippen LogP) is 2.41. The van der Waals surface area contributed by atoms with Gasteiger partial charge in [0.05, 0.1) is 12.8 Å². The van der Waals surface area contributed by atoms with Crippen molar-refractivity contribution in [2.75, 3.05) is 31.8 Å². The molecule has 0 bridgehead atoms. The van der Waals surface area contributed by atoms with Crippen molar-refractivity contribution >= 4 is 11.5 Å². The van der Waals surface area contributed by atoms with Crippen LogP contribution in [0.15, 0.2) is 36.4 Å². The number of pyridine rings is 1. The van der Waals surface area contributed by atoms with Gasteiger partial charge in [-0.1, -0.05) is 12.1 Å². The molecule has 0 aliphatic rings. The zero-order valence-electron chi connectivity index (χ0n) is 10.8. The van der Waals surface area contributed by atoms with Crippen LogP contribution in [0.25, 0.3) is 11.3 Å². The summed E-state index contributed by atoms with van der Waals surface area (Å²) in [6.45, 7) is 0. The summed E-state index contributed by atoms with van der Waals surface area (Å²) < 4.78 is 5.09. The Bertz CT molecular complexity index is 535. The third kappa shape index (κ3) is 2.37. The first-order valence-corrected chi connectivity index (χ1v) is 5.70. The summed E-state index contributed by atoms with van der Waals surface area (Å²) in [5.41, 5.74) is 8.84. The molecular weight excluding hydrogens is 226 g/mol. The minimum Gasteiger partial charge on any atom is -0.493 e. The molecule has 0 aliphatic heterocycles. The van der Waals surface area contributed by atoms with Crippen LogP contribution >= 0.6 is 0 Å². The first-order valence-electron chi connectivity index (χ1n) is 5.70. The van der Waals surface area contributed by atoms with E-state index >= 15 is 0 Å². The molecule has 0 saturated carbocycles. The molecule has 2 aromatic rings. The normalized spacial score (nSPS) is 10.2. The molecule has 2 N–H and O–H groups in total. The zero-order valence-corrected chi connectivity index (χ0v) is 10.8. The Morgan fingerprint density at radius 2 is 1.72 bits per heavy atom. The number of methoxy groups -OCH3 is 1. The van der Waals surface area contributed by atoms with Crippen LogP contribution in [-0.2, 0) is 0 Å². The van der Waals surface area contributed by atoms with Crippen molar-refractivity contribution < 1.29 is 4.74 Å². The van der Waals surface area contributed by atoms with Crippen LogP contribution in [0.5, 0.6) is 5.75 Å². The highest BCUT2D eigenvalue weighted by molar-refractivity contribution is 5.66. The van der Waals surface area contributed by atoms with Crippen molar-refractivity contribution in [2.45, 2.75) is 0 Å². The Labute approximate surface area is 107 Å². The summed E-state index contributed by atoms with van der Waals surface area (Å²) >= 11 is 0. The van der Waals surface area contributed by atoms with E-state index in [1.165, 1.54) is 0 Å². The maximum atomic E-state index is 5.80. The van der Waals surface area contributed by atoms with E-state index < -0.39 is 0 Å². The first kappa shape index (κ1) is 12.2. The first-order chi connectivity index (χ1) is 8.61. The average molecular weight is 243 g/mol. The second kappa shape index (κ2) is 4.96. The van der Waals surface area contributed by atoms with Crippen molar-refractivity contribution in [2.24, 2.45) is 0 Å². The highest BCUT2D eigenvalue weighted by atomic mass is 16.5. The largest absolute Gasteiger partial charge is 0.493 e. The molecule has 1 aromatic heterocycles. The topological polar surface area (TPSA) is 51.4 Å². The minimum absolute atomic E-state index is 0.409. The van der Waals surface area contributed by atoms with Crippen molar-refractivity contribution in [3.8, 4) is 17.0 Å². The highest BCUT2D eigenvalue weighted by Gasteiger charge is 2.05. The SMILES string of the molecule is COc1ccc(-c2ccc(N(C)C)cc2)nc1N. The molecule has 0 amide bonds. The molecule has 0 fully saturated rings. The second-order valence-electron chi connectivity index (χ2n) is 4.23. The van der Waals surface area contributed by atoms with Crippen molar-refractivity contribution in [1.82, 2.24) is 4.98 Å². The number of rotatable bonds is 3. The van der Waals surface area contributed by atoms with Crippen LogP contribution < -0.4 is 15.4 Å². The lowest BCUT2D eigenvalue weighted by Crippen LogP contribution is -2.08. The van der Waals surface area contributed by atoms with Gasteiger partial charge >= 0.3 is 0 Å². The van der Waals surface area contributed by atoms with E-state index in [2.05, 4.69) is 22.0 Å². The molecule has 2 rings (SSSR count). The molecule has 0 aliphatic carbocycles. The van der Waals surface area contributed by atoms with Gasteiger partial charge < -0.3 is 15.4 Å². The van der Waals surface area contributed by atoms with Crippen molar-refractivity contribution in [1.29, 1.82) is 0 Å². The Hall–Kier alpha value is -2.23. The summed E-state index contributed by atoms with van der Waals surface area (Å²) in [5, 5.41) is 0. The van der Waals surface area contributed by atoms with Crippen molar-refractivity contribution in [3.63, 3.8) is 0 Å². The maximum Gasteiger partial charge on any atom is 0.166 e. The van der Waals surface area contributed by atoms with Crippen LogP contribution in [-0.4, -0.2) is 26.2 Å². The summed E-state index contributed by atoms with van der Waals surface area (Å²) in [7, 11) is 5.61. The van der Waals surface area contributed by atoms with Gasteiger partial charge in [0.15, 0.2) is 11.6 Å². The van der Waals surface area contributed by atoms with Gasteiger partial charge in [-0.2, -0.15) is 0 Å². The lowest BCUT2D eigenvalue weighted by atomic mass is 10.1. The monoisotopic (exact) mass is 243 g/mol. The number of nitrogens with two attached hydrogens (primary N) is 1. The third-order valence-corrected chi connectivity index (χ3v) is 2.79. The Morgan fingerprint density at radius 3 is 2.22 bits per heavy atom. The van der Waals surface area contributed by atoms with Gasteiger partial charge in [0.2, 0.25) is 0 Å². The predicted molar refractivity (Wildman–Crippen MR) is 75.0 cm³/mol. The summed E-state index contributed by atoms with van der Waals surface area (Å²) in [4.78, 5) is 6.38. The summed E-state index contributed by atoms with van der Waals surface area (Å²) in [5.74, 6) is 1.01. The molecule has 1 heterocycles. The number of hydrogen-bond acceptors (Lipinski definition) is 4. The zero-order chi connectivity index (χ0) is 13.1. The van der Waals surface area contributed by atoms with E-state index in [-0.39, 0.29) is 0 Å². The van der Waals surface area contributed by atoms with Crippen LogP contribution in [0.1, 0.15) is 0 Å². The van der Waals surface area contributed by atoms with Crippen LogP contribution in [0, 0.1) is 0 Å². The number of hydrogen-bond donors (Lipinski definition) is 1. The van der Waals surface area contributed by atoms with Gasteiger partial charge in [-0.05, 0) is 24.3 Å². The smallest absolute Gasteiger partial charge is 0.166 e. The molecular formula is C14H17N3O. The standard InChI is InChI=1S/C14H17N3O/c1-17(2)11-6-4-10(5-7-11)12-8-9-13(18-3)14(15)16-12/h4-9H,1-3H3,(H2,15,16). The summed E-state index contributed by atoms with van der Waals surface area (Å²) in [6.07, 6.45) is 0. The Kier molecular flexibility index (Phi) is 3.37. The van der Waals surface area contributed by atoms with E-state index in [1.54, 1.807) is 7.11 Å². The lowest BCUT2D eigenvalue weighted by Gasteiger charge is -2.12. The number of benzene rings is 1. The van der Waals surface area contributed by atoms with E-state index in [1.807, 2.05) is 38.4 Å². The Morgan fingerprint density at radius 1 is 1.06 bits per heavy atom. The lowest BCUT2D eigenvalue weighted by molar-refractivity contribution is 0.415. The summed E-state index contributed by atoms with van der Waals surface area (Å²) in [6, 6.07) is 11.9. The molecule has 0 saturated heterocycles. The second-order valence-corrected chi connectivity index (χ2v) is 4.23. The van der Waals surface area contributed by atoms with Crippen LogP contribution in [0.3, 0.4) is 0 Å². The fourth-order valence-corrected chi connectivity index (χ4v) is 1.73. The number of anilines is 2. The number of nitrogen functional groups attached to an aromatic ring is 1. The quantitative estimate of drug-likeness (QED) is 0.899. The maximum absolute atomic E-state index is 5.80. The fourth-order valence-electron chi connectivity index (χ4n) is 1.73. The van der Waals surface area contributed by atoms with E-state index in [9.17, 15) is 0 Å². The number of ether oxygens (including phenoxy) is 1. The van der Waals surface area contributed by atoms with Gasteiger partial charge in [0.1, 0.15) is 0 Å². The minimum atomic E-state index is 0.409. The van der Waals surface area contributed by atoms with Gasteiger partial charge in [-0.3, -0.25) is 0 Å². The molecule has 4 heteroatoms. The number of aromatic nitrogens is 1. The molecule has 0 unspecified atom stereocenters. The van der Waals surface area contributed by atoms with Crippen molar-refractivity contribution in [3.05, 3.63) is 36.4 Å². The molecule has 94 valence electrons. The average Bonchev–Trinajstić information content (AvgIpc) is 2.38. The van der Waals surface area contributed by atoms with Crippen LogP contribution in [0.4, 0.5) is 11.5 Å². The molecule has 18 heavy (non-hydrogen) atoms. The van der Waals surface area contributed by atoms with E-state index in [0.717, 1.165) is 16.9 Å².